The van der Waals surface area contributed by atoms with Gasteiger partial charge in [-0.05, 0) is 19.8 Å². The normalized spacial score (nSPS) is 12.8. The van der Waals surface area contributed by atoms with Gasteiger partial charge in [-0.15, -0.1) is 0 Å². The van der Waals surface area contributed by atoms with Crippen molar-refractivity contribution >= 4 is 18.2 Å². The molecule has 0 aliphatic carbocycles. The molecule has 0 aliphatic rings. The fourth-order valence-electron chi connectivity index (χ4n) is 1.94. The van der Waals surface area contributed by atoms with Gasteiger partial charge in [0.25, 0.3) is 0 Å². The summed E-state index contributed by atoms with van der Waals surface area (Å²) in [7, 11) is 3.42. The van der Waals surface area contributed by atoms with Gasteiger partial charge in [0.2, 0.25) is 18.2 Å². The summed E-state index contributed by atoms with van der Waals surface area (Å²) in [6.07, 6.45) is 2.31. The van der Waals surface area contributed by atoms with E-state index in [-0.39, 0.29) is 30.3 Å². The SMILES string of the molecule is CCN(C)C(=O)C(C)=CC(C(C)C)N(C)C(=O)CNC=O. The largest absolute Gasteiger partial charge is 0.350 e. The van der Waals surface area contributed by atoms with Crippen LogP contribution in [0.3, 0.4) is 0 Å². The first-order valence-electron chi connectivity index (χ1n) is 7.12. The van der Waals surface area contributed by atoms with Crippen LogP contribution < -0.4 is 5.32 Å². The van der Waals surface area contributed by atoms with Crippen LogP contribution in [0.25, 0.3) is 0 Å². The zero-order chi connectivity index (χ0) is 16.6. The molecular formula is C15H27N3O3. The molecule has 0 heterocycles. The van der Waals surface area contributed by atoms with Crippen LogP contribution in [-0.2, 0) is 14.4 Å². The van der Waals surface area contributed by atoms with Crippen LogP contribution in [-0.4, -0.2) is 61.3 Å². The van der Waals surface area contributed by atoms with E-state index in [0.29, 0.717) is 18.5 Å². The molecule has 0 aliphatic heterocycles. The van der Waals surface area contributed by atoms with E-state index in [1.807, 2.05) is 26.8 Å². The minimum absolute atomic E-state index is 0.0427. The first-order valence-corrected chi connectivity index (χ1v) is 7.12. The summed E-state index contributed by atoms with van der Waals surface area (Å²) in [5, 5.41) is 2.36. The van der Waals surface area contributed by atoms with Gasteiger partial charge < -0.3 is 15.1 Å². The molecule has 1 N–H and O–H groups in total. The second kappa shape index (κ2) is 9.15. The highest BCUT2D eigenvalue weighted by Gasteiger charge is 2.22. The highest BCUT2D eigenvalue weighted by Crippen LogP contribution is 2.14. The predicted octanol–water partition coefficient (Wildman–Crippen LogP) is 0.640. The van der Waals surface area contributed by atoms with Gasteiger partial charge in [-0.25, -0.2) is 0 Å². The zero-order valence-corrected chi connectivity index (χ0v) is 13.8. The lowest BCUT2D eigenvalue weighted by Gasteiger charge is -2.29. The van der Waals surface area contributed by atoms with Crippen LogP contribution in [0.5, 0.6) is 0 Å². The van der Waals surface area contributed by atoms with Gasteiger partial charge in [-0.2, -0.15) is 0 Å². The topological polar surface area (TPSA) is 69.7 Å². The van der Waals surface area contributed by atoms with Gasteiger partial charge in [-0.1, -0.05) is 19.9 Å². The number of nitrogens with one attached hydrogen (secondary N) is 1. The molecule has 0 fully saturated rings. The molecule has 0 radical (unpaired) electrons. The van der Waals surface area contributed by atoms with Crippen molar-refractivity contribution < 1.29 is 14.4 Å². The Morgan fingerprint density at radius 2 is 1.81 bits per heavy atom. The van der Waals surface area contributed by atoms with E-state index in [2.05, 4.69) is 5.32 Å². The van der Waals surface area contributed by atoms with Crippen LogP contribution in [0.15, 0.2) is 11.6 Å². The van der Waals surface area contributed by atoms with Gasteiger partial charge >= 0.3 is 0 Å². The van der Waals surface area contributed by atoms with Gasteiger partial charge in [-0.3, -0.25) is 14.4 Å². The number of carbonyl (C=O) groups excluding carboxylic acids is 3. The Kier molecular flexibility index (Phi) is 8.35. The smallest absolute Gasteiger partial charge is 0.248 e. The molecule has 1 atom stereocenters. The van der Waals surface area contributed by atoms with Crippen molar-refractivity contribution in [1.82, 2.24) is 15.1 Å². The summed E-state index contributed by atoms with van der Waals surface area (Å²) < 4.78 is 0. The van der Waals surface area contributed by atoms with Crippen molar-refractivity contribution in [3.63, 3.8) is 0 Å². The van der Waals surface area contributed by atoms with E-state index in [0.717, 1.165) is 0 Å². The van der Waals surface area contributed by atoms with E-state index < -0.39 is 0 Å². The summed E-state index contributed by atoms with van der Waals surface area (Å²) in [4.78, 5) is 37.5. The van der Waals surface area contributed by atoms with Crippen LogP contribution in [0.1, 0.15) is 27.7 Å². The van der Waals surface area contributed by atoms with Crippen LogP contribution >= 0.6 is 0 Å². The van der Waals surface area contributed by atoms with Gasteiger partial charge in [0.15, 0.2) is 0 Å². The van der Waals surface area contributed by atoms with Gasteiger partial charge in [0, 0.05) is 26.2 Å². The molecule has 6 nitrogen and oxygen atoms in total. The highest BCUT2D eigenvalue weighted by molar-refractivity contribution is 5.92. The second-order valence-electron chi connectivity index (χ2n) is 5.41. The maximum atomic E-state index is 12.1. The van der Waals surface area contributed by atoms with E-state index in [4.69, 9.17) is 0 Å². The lowest BCUT2D eigenvalue weighted by Crippen LogP contribution is -2.43. The zero-order valence-electron chi connectivity index (χ0n) is 13.8. The number of hydrogen-bond donors (Lipinski definition) is 1. The lowest BCUT2D eigenvalue weighted by atomic mass is 9.99. The fraction of sp³-hybridized carbons (Fsp3) is 0.667. The van der Waals surface area contributed by atoms with Gasteiger partial charge in [0.1, 0.15) is 0 Å². The predicted molar refractivity (Wildman–Crippen MR) is 82.5 cm³/mol. The summed E-state index contributed by atoms with van der Waals surface area (Å²) in [6, 6.07) is -0.194. The third-order valence-electron chi connectivity index (χ3n) is 3.44. The van der Waals surface area contributed by atoms with Crippen LogP contribution in [0, 0.1) is 5.92 Å². The monoisotopic (exact) mass is 297 g/mol. The van der Waals surface area contributed by atoms with Crippen LogP contribution in [0.4, 0.5) is 0 Å². The molecule has 0 spiro atoms. The van der Waals surface area contributed by atoms with E-state index in [1.54, 1.807) is 30.8 Å². The molecule has 6 heteroatoms. The number of rotatable bonds is 8. The lowest BCUT2D eigenvalue weighted by molar-refractivity contribution is -0.132. The Morgan fingerprint density at radius 3 is 2.24 bits per heavy atom. The molecule has 0 aromatic carbocycles. The number of hydrogen-bond acceptors (Lipinski definition) is 3. The average molecular weight is 297 g/mol. The summed E-state index contributed by atoms with van der Waals surface area (Å²) in [5.74, 6) is -0.0824. The Bertz CT molecular complexity index is 405. The highest BCUT2D eigenvalue weighted by atomic mass is 16.2. The minimum Gasteiger partial charge on any atom is -0.350 e. The number of likely N-dealkylation sites (N-methyl/N-ethyl adjacent to an activating group) is 2. The van der Waals surface area contributed by atoms with E-state index in [9.17, 15) is 14.4 Å². The first kappa shape index (κ1) is 19.1. The molecule has 1 unspecified atom stereocenters. The fourth-order valence-corrected chi connectivity index (χ4v) is 1.94. The third-order valence-corrected chi connectivity index (χ3v) is 3.44. The van der Waals surface area contributed by atoms with E-state index in [1.165, 1.54) is 0 Å². The van der Waals surface area contributed by atoms with Crippen molar-refractivity contribution in [2.75, 3.05) is 27.2 Å². The maximum Gasteiger partial charge on any atom is 0.248 e. The van der Waals surface area contributed by atoms with Crippen molar-refractivity contribution in [3.8, 4) is 0 Å². The van der Waals surface area contributed by atoms with E-state index >= 15 is 0 Å². The van der Waals surface area contributed by atoms with Crippen LogP contribution in [0.2, 0.25) is 0 Å². The summed E-state index contributed by atoms with van der Waals surface area (Å²) in [5.41, 5.74) is 0.612. The standard InChI is InChI=1S/C15H27N3O3/c1-7-17(5)15(21)12(4)8-13(11(2)3)18(6)14(20)9-16-10-19/h8,10-11,13H,7,9H2,1-6H3,(H,16,19). The second-order valence-corrected chi connectivity index (χ2v) is 5.41. The minimum atomic E-state index is -0.194. The van der Waals surface area contributed by atoms with Crippen molar-refractivity contribution in [3.05, 3.63) is 11.6 Å². The number of amides is 3. The molecule has 21 heavy (non-hydrogen) atoms. The maximum absolute atomic E-state index is 12.1. The molecule has 0 rings (SSSR count). The molecule has 0 saturated carbocycles. The van der Waals surface area contributed by atoms with Gasteiger partial charge in [0.05, 0.1) is 12.6 Å². The van der Waals surface area contributed by atoms with Crippen molar-refractivity contribution in [2.24, 2.45) is 5.92 Å². The summed E-state index contributed by atoms with van der Waals surface area (Å²) in [6.45, 7) is 8.23. The molecule has 3 amide bonds. The van der Waals surface area contributed by atoms with Crippen molar-refractivity contribution in [2.45, 2.75) is 33.7 Å². The molecule has 0 aromatic heterocycles. The number of nitrogens with zero attached hydrogens (tertiary/aromatic N) is 2. The Balaban J connectivity index is 5.10. The molecule has 0 aromatic rings. The molecule has 0 saturated heterocycles. The quantitative estimate of drug-likeness (QED) is 0.528. The molecule has 0 bridgehead atoms. The number of carbonyl (C=O) groups is 3. The molecular weight excluding hydrogens is 270 g/mol. The average Bonchev–Trinajstić information content (AvgIpc) is 2.47. The Morgan fingerprint density at radius 1 is 1.24 bits per heavy atom. The Hall–Kier alpha value is -1.85. The summed E-state index contributed by atoms with van der Waals surface area (Å²) >= 11 is 0. The third kappa shape index (κ3) is 5.97. The first-order chi connectivity index (χ1) is 9.76. The molecule has 120 valence electrons. The Labute approximate surface area is 127 Å². The van der Waals surface area contributed by atoms with Crippen molar-refractivity contribution in [1.29, 1.82) is 0 Å².